The summed E-state index contributed by atoms with van der Waals surface area (Å²) in [5, 5.41) is 4.10. The molecule has 0 aromatic heterocycles. The Bertz CT molecular complexity index is 416. The Hall–Kier alpha value is -1.64. The lowest BCUT2D eigenvalue weighted by Gasteiger charge is -2.02. The van der Waals surface area contributed by atoms with E-state index in [1.807, 2.05) is 38.1 Å². The first-order valence-electron chi connectivity index (χ1n) is 5.58. The number of amides is 1. The zero-order valence-electron chi connectivity index (χ0n) is 9.66. The molecule has 1 aliphatic rings. The van der Waals surface area contributed by atoms with Gasteiger partial charge in [0.25, 0.3) is 0 Å². The monoisotopic (exact) mass is 216 g/mol. The van der Waals surface area contributed by atoms with Crippen LogP contribution in [0, 0.1) is 12.8 Å². The first-order chi connectivity index (χ1) is 7.66. The summed E-state index contributed by atoms with van der Waals surface area (Å²) in [6.07, 6.45) is 2.01. The number of nitrogens with one attached hydrogen (secondary N) is 1. The molecule has 0 spiro atoms. The molecule has 1 aliphatic carbocycles. The summed E-state index contributed by atoms with van der Waals surface area (Å²) >= 11 is 0. The maximum absolute atomic E-state index is 11.4. The van der Waals surface area contributed by atoms with Crippen LogP contribution < -0.4 is 5.43 Å². The van der Waals surface area contributed by atoms with E-state index < -0.39 is 0 Å². The van der Waals surface area contributed by atoms with Gasteiger partial charge in [-0.25, -0.2) is 5.43 Å². The number of nitrogens with zero attached hydrogens (tertiary/aromatic N) is 1. The maximum atomic E-state index is 11.4. The molecule has 3 nitrogen and oxygen atoms in total. The van der Waals surface area contributed by atoms with Crippen molar-refractivity contribution in [2.75, 3.05) is 0 Å². The number of carbonyl (C=O) groups is 1. The molecule has 0 bridgehead atoms. The second-order valence-electron chi connectivity index (χ2n) is 4.31. The van der Waals surface area contributed by atoms with Crippen LogP contribution in [0.4, 0.5) is 0 Å². The highest BCUT2D eigenvalue weighted by molar-refractivity contribution is 5.99. The number of hydrogen-bond acceptors (Lipinski definition) is 2. The molecule has 16 heavy (non-hydrogen) atoms. The molecular weight excluding hydrogens is 200 g/mol. The predicted octanol–water partition coefficient (Wildman–Crippen LogP) is 2.25. The second kappa shape index (κ2) is 4.47. The highest BCUT2D eigenvalue weighted by Gasteiger charge is 2.29. The Morgan fingerprint density at radius 2 is 1.94 bits per heavy atom. The molecule has 2 rings (SSSR count). The van der Waals surface area contributed by atoms with Crippen molar-refractivity contribution < 1.29 is 4.79 Å². The Morgan fingerprint density at radius 3 is 2.50 bits per heavy atom. The number of rotatable bonds is 3. The molecule has 0 unspecified atom stereocenters. The standard InChI is InChI=1S/C13H16N2O/c1-9-3-5-11(6-4-9)10(2)14-15-13(16)12-7-8-12/h3-6,12H,7-8H2,1-2H3,(H,15,16)/b14-10+. The molecule has 1 aromatic carbocycles. The van der Waals surface area contributed by atoms with Crippen molar-refractivity contribution in [2.24, 2.45) is 11.0 Å². The van der Waals surface area contributed by atoms with Crippen molar-refractivity contribution in [3.63, 3.8) is 0 Å². The van der Waals surface area contributed by atoms with Crippen molar-refractivity contribution in [3.8, 4) is 0 Å². The van der Waals surface area contributed by atoms with Gasteiger partial charge in [-0.3, -0.25) is 4.79 Å². The van der Waals surface area contributed by atoms with Crippen molar-refractivity contribution in [3.05, 3.63) is 35.4 Å². The third kappa shape index (κ3) is 2.69. The maximum Gasteiger partial charge on any atom is 0.243 e. The molecule has 1 fully saturated rings. The van der Waals surface area contributed by atoms with E-state index in [-0.39, 0.29) is 11.8 Å². The Balaban J connectivity index is 2.00. The summed E-state index contributed by atoms with van der Waals surface area (Å²) in [5.41, 5.74) is 5.71. The van der Waals surface area contributed by atoms with Crippen LogP contribution in [0.15, 0.2) is 29.4 Å². The van der Waals surface area contributed by atoms with Crippen LogP contribution in [0.5, 0.6) is 0 Å². The van der Waals surface area contributed by atoms with Gasteiger partial charge in [-0.05, 0) is 32.3 Å². The van der Waals surface area contributed by atoms with Crippen molar-refractivity contribution >= 4 is 11.6 Å². The third-order valence-corrected chi connectivity index (χ3v) is 2.75. The number of benzene rings is 1. The lowest BCUT2D eigenvalue weighted by Crippen LogP contribution is -2.20. The zero-order chi connectivity index (χ0) is 11.5. The molecule has 0 atom stereocenters. The molecule has 0 radical (unpaired) electrons. The summed E-state index contributed by atoms with van der Waals surface area (Å²) in [6, 6.07) is 8.10. The van der Waals surface area contributed by atoms with Gasteiger partial charge < -0.3 is 0 Å². The second-order valence-corrected chi connectivity index (χ2v) is 4.31. The van der Waals surface area contributed by atoms with E-state index in [1.54, 1.807) is 0 Å². The zero-order valence-corrected chi connectivity index (χ0v) is 9.66. The van der Waals surface area contributed by atoms with Gasteiger partial charge in [0.15, 0.2) is 0 Å². The third-order valence-electron chi connectivity index (χ3n) is 2.75. The van der Waals surface area contributed by atoms with Gasteiger partial charge in [0.1, 0.15) is 0 Å². The fourth-order valence-corrected chi connectivity index (χ4v) is 1.44. The minimum Gasteiger partial charge on any atom is -0.273 e. The van der Waals surface area contributed by atoms with Gasteiger partial charge in [-0.2, -0.15) is 5.10 Å². The van der Waals surface area contributed by atoms with E-state index >= 15 is 0 Å². The van der Waals surface area contributed by atoms with Gasteiger partial charge in [-0.1, -0.05) is 29.8 Å². The Kier molecular flexibility index (Phi) is 3.04. The molecule has 1 N–H and O–H groups in total. The lowest BCUT2D eigenvalue weighted by atomic mass is 10.1. The molecule has 84 valence electrons. The van der Waals surface area contributed by atoms with Gasteiger partial charge in [0.05, 0.1) is 5.71 Å². The summed E-state index contributed by atoms with van der Waals surface area (Å²) in [5.74, 6) is 0.251. The van der Waals surface area contributed by atoms with E-state index in [2.05, 4.69) is 10.5 Å². The van der Waals surface area contributed by atoms with Crippen LogP contribution in [0.25, 0.3) is 0 Å². The average Bonchev–Trinajstić information content (AvgIpc) is 3.10. The van der Waals surface area contributed by atoms with E-state index in [1.165, 1.54) is 5.56 Å². The highest BCUT2D eigenvalue weighted by atomic mass is 16.2. The highest BCUT2D eigenvalue weighted by Crippen LogP contribution is 2.28. The fourth-order valence-electron chi connectivity index (χ4n) is 1.44. The summed E-state index contributed by atoms with van der Waals surface area (Å²) in [6.45, 7) is 3.95. The van der Waals surface area contributed by atoms with Crippen LogP contribution in [0.1, 0.15) is 30.9 Å². The minimum absolute atomic E-state index is 0.0476. The number of aryl methyl sites for hydroxylation is 1. The van der Waals surface area contributed by atoms with E-state index in [0.29, 0.717) is 0 Å². The molecule has 1 saturated carbocycles. The van der Waals surface area contributed by atoms with Crippen molar-refractivity contribution in [1.29, 1.82) is 0 Å². The molecule has 0 saturated heterocycles. The smallest absolute Gasteiger partial charge is 0.243 e. The number of carbonyl (C=O) groups excluding carboxylic acids is 1. The van der Waals surface area contributed by atoms with Crippen LogP contribution in [-0.2, 0) is 4.79 Å². The minimum atomic E-state index is 0.0476. The normalized spacial score (nSPS) is 16.0. The van der Waals surface area contributed by atoms with Gasteiger partial charge in [0.2, 0.25) is 5.91 Å². The predicted molar refractivity (Wildman–Crippen MR) is 64.3 cm³/mol. The van der Waals surface area contributed by atoms with E-state index in [0.717, 1.165) is 24.1 Å². The summed E-state index contributed by atoms with van der Waals surface area (Å²) in [7, 11) is 0. The Labute approximate surface area is 95.6 Å². The summed E-state index contributed by atoms with van der Waals surface area (Å²) in [4.78, 5) is 11.4. The van der Waals surface area contributed by atoms with Gasteiger partial charge in [-0.15, -0.1) is 0 Å². The van der Waals surface area contributed by atoms with Crippen LogP contribution in [0.2, 0.25) is 0 Å². The summed E-state index contributed by atoms with van der Waals surface area (Å²) < 4.78 is 0. The quantitative estimate of drug-likeness (QED) is 0.611. The molecule has 1 aromatic rings. The largest absolute Gasteiger partial charge is 0.273 e. The molecule has 1 amide bonds. The van der Waals surface area contributed by atoms with E-state index in [4.69, 9.17) is 0 Å². The van der Waals surface area contributed by atoms with Crippen LogP contribution in [-0.4, -0.2) is 11.6 Å². The van der Waals surface area contributed by atoms with Gasteiger partial charge >= 0.3 is 0 Å². The first-order valence-corrected chi connectivity index (χ1v) is 5.58. The SMILES string of the molecule is C/C(=N\NC(=O)C1CC1)c1ccc(C)cc1. The fraction of sp³-hybridized carbons (Fsp3) is 0.385. The van der Waals surface area contributed by atoms with Crippen LogP contribution >= 0.6 is 0 Å². The first kappa shape index (κ1) is 10.9. The van der Waals surface area contributed by atoms with Crippen molar-refractivity contribution in [2.45, 2.75) is 26.7 Å². The Morgan fingerprint density at radius 1 is 1.31 bits per heavy atom. The van der Waals surface area contributed by atoms with Gasteiger partial charge in [0, 0.05) is 5.92 Å². The average molecular weight is 216 g/mol. The molecule has 0 heterocycles. The molecular formula is C13H16N2O. The molecule has 0 aliphatic heterocycles. The number of hydrazone groups is 1. The van der Waals surface area contributed by atoms with Crippen LogP contribution in [0.3, 0.4) is 0 Å². The van der Waals surface area contributed by atoms with E-state index in [9.17, 15) is 4.79 Å². The number of hydrogen-bond donors (Lipinski definition) is 1. The molecule has 3 heteroatoms. The topological polar surface area (TPSA) is 41.5 Å². The van der Waals surface area contributed by atoms with Crippen molar-refractivity contribution in [1.82, 2.24) is 5.43 Å². The lowest BCUT2D eigenvalue weighted by molar-refractivity contribution is -0.122.